The van der Waals surface area contributed by atoms with Crippen molar-refractivity contribution in [2.24, 2.45) is 5.92 Å². The molecule has 2 aromatic carbocycles. The van der Waals surface area contributed by atoms with Crippen LogP contribution in [0.25, 0.3) is 21.3 Å². The van der Waals surface area contributed by atoms with Crippen molar-refractivity contribution in [2.75, 3.05) is 7.05 Å². The zero-order chi connectivity index (χ0) is 26.5. The molecule has 0 radical (unpaired) electrons. The van der Waals surface area contributed by atoms with Crippen molar-refractivity contribution in [1.29, 1.82) is 5.41 Å². The molecule has 0 saturated heterocycles. The fourth-order valence-corrected chi connectivity index (χ4v) is 6.38. The Morgan fingerprint density at radius 3 is 2.49 bits per heavy atom. The third-order valence-electron chi connectivity index (χ3n) is 7.43. The minimum absolute atomic E-state index is 0.00197. The summed E-state index contributed by atoms with van der Waals surface area (Å²) in [6, 6.07) is 11.1. The number of hydrogen-bond acceptors (Lipinski definition) is 6. The van der Waals surface area contributed by atoms with Gasteiger partial charge in [0.1, 0.15) is 10.8 Å². The van der Waals surface area contributed by atoms with Crippen LogP contribution < -0.4 is 10.6 Å². The summed E-state index contributed by atoms with van der Waals surface area (Å²) in [5.74, 6) is -1.25. The van der Waals surface area contributed by atoms with E-state index in [4.69, 9.17) is 10.4 Å². The molecule has 1 amide bonds. The quantitative estimate of drug-likeness (QED) is 0.291. The number of fused-ring (bicyclic) bond motifs is 1. The molecule has 1 aliphatic carbocycles. The summed E-state index contributed by atoms with van der Waals surface area (Å²) >= 11 is 1.48. The summed E-state index contributed by atoms with van der Waals surface area (Å²) in [6.45, 7) is 3.72. The Labute approximate surface area is 221 Å². The number of rotatable bonds is 10. The second kappa shape index (κ2) is 12.0. The van der Waals surface area contributed by atoms with Crippen LogP contribution in [0, 0.1) is 17.1 Å². The van der Waals surface area contributed by atoms with Gasteiger partial charge in [-0.3, -0.25) is 9.59 Å². The molecule has 3 N–H and O–H groups in total. The SMILES string of the molecule is CC[C@@H](C(=N)C(=O)[C@@H](NC(=O)[C@H](C)NC)C1CCCCC1)c1nc2cccc(-c3ccc(F)cc3)c2s1. The molecular formula is C29H35FN4O2S. The van der Waals surface area contributed by atoms with Crippen LogP contribution in [0.5, 0.6) is 0 Å². The van der Waals surface area contributed by atoms with Gasteiger partial charge in [-0.15, -0.1) is 11.3 Å². The summed E-state index contributed by atoms with van der Waals surface area (Å²) in [4.78, 5) is 31.3. The Kier molecular flexibility index (Phi) is 8.82. The van der Waals surface area contributed by atoms with Crippen LogP contribution >= 0.6 is 11.3 Å². The lowest BCUT2D eigenvalue weighted by molar-refractivity contribution is -0.127. The second-order valence-electron chi connectivity index (χ2n) is 9.85. The van der Waals surface area contributed by atoms with Crippen molar-refractivity contribution in [2.45, 2.75) is 70.4 Å². The van der Waals surface area contributed by atoms with Gasteiger partial charge in [0.25, 0.3) is 0 Å². The Morgan fingerprint density at radius 2 is 1.84 bits per heavy atom. The van der Waals surface area contributed by atoms with Crippen molar-refractivity contribution in [3.8, 4) is 11.1 Å². The number of nitrogens with one attached hydrogen (secondary N) is 3. The Balaban J connectivity index is 1.64. The normalized spacial score (nSPS) is 16.8. The highest BCUT2D eigenvalue weighted by molar-refractivity contribution is 7.19. The molecule has 1 fully saturated rings. The zero-order valence-corrected chi connectivity index (χ0v) is 22.5. The molecule has 0 unspecified atom stereocenters. The maximum atomic E-state index is 13.8. The highest BCUT2D eigenvalue weighted by atomic mass is 32.1. The van der Waals surface area contributed by atoms with Gasteiger partial charge in [0, 0.05) is 5.56 Å². The summed E-state index contributed by atoms with van der Waals surface area (Å²) in [5, 5.41) is 15.6. The third-order valence-corrected chi connectivity index (χ3v) is 8.65. The van der Waals surface area contributed by atoms with Crippen LogP contribution in [0.4, 0.5) is 4.39 Å². The van der Waals surface area contributed by atoms with E-state index in [0.29, 0.717) is 11.4 Å². The monoisotopic (exact) mass is 522 g/mol. The first-order valence-electron chi connectivity index (χ1n) is 13.1. The molecule has 3 aromatic rings. The van der Waals surface area contributed by atoms with Gasteiger partial charge in [-0.05, 0) is 62.9 Å². The third kappa shape index (κ3) is 5.96. The topological polar surface area (TPSA) is 94.9 Å². The van der Waals surface area contributed by atoms with Gasteiger partial charge < -0.3 is 16.0 Å². The number of hydrogen-bond donors (Lipinski definition) is 3. The van der Waals surface area contributed by atoms with Crippen molar-refractivity contribution in [3.05, 3.63) is 53.3 Å². The van der Waals surface area contributed by atoms with Gasteiger partial charge >= 0.3 is 0 Å². The van der Waals surface area contributed by atoms with Gasteiger partial charge in [-0.1, -0.05) is 50.5 Å². The molecule has 1 aliphatic rings. The predicted octanol–water partition coefficient (Wildman–Crippen LogP) is 5.86. The largest absolute Gasteiger partial charge is 0.344 e. The van der Waals surface area contributed by atoms with E-state index in [-0.39, 0.29) is 29.1 Å². The minimum atomic E-state index is -0.700. The Hall–Kier alpha value is -2.97. The van der Waals surface area contributed by atoms with Crippen molar-refractivity contribution in [1.82, 2.24) is 15.6 Å². The average Bonchev–Trinajstić information content (AvgIpc) is 3.36. The van der Waals surface area contributed by atoms with Gasteiger partial charge in [0.15, 0.2) is 5.78 Å². The Bertz CT molecular complexity index is 1270. The van der Waals surface area contributed by atoms with E-state index in [9.17, 15) is 14.0 Å². The molecule has 1 heterocycles. The average molecular weight is 523 g/mol. The highest BCUT2D eigenvalue weighted by Gasteiger charge is 2.36. The van der Waals surface area contributed by atoms with E-state index in [1.54, 1.807) is 26.1 Å². The molecule has 196 valence electrons. The van der Waals surface area contributed by atoms with Crippen LogP contribution in [0.3, 0.4) is 0 Å². The van der Waals surface area contributed by atoms with Gasteiger partial charge in [0.2, 0.25) is 5.91 Å². The van der Waals surface area contributed by atoms with Crippen LogP contribution in [-0.4, -0.2) is 41.5 Å². The lowest BCUT2D eigenvalue weighted by Gasteiger charge is -2.31. The first kappa shape index (κ1) is 27.1. The number of thiazole rings is 1. The van der Waals surface area contributed by atoms with Crippen molar-refractivity contribution < 1.29 is 14.0 Å². The number of likely N-dealkylation sites (N-methyl/N-ethyl adjacent to an activating group) is 1. The lowest BCUT2D eigenvalue weighted by Crippen LogP contribution is -2.53. The van der Waals surface area contributed by atoms with E-state index in [1.165, 1.54) is 23.5 Å². The van der Waals surface area contributed by atoms with Gasteiger partial charge in [-0.2, -0.15) is 0 Å². The number of benzene rings is 2. The van der Waals surface area contributed by atoms with E-state index in [1.807, 2.05) is 25.1 Å². The van der Waals surface area contributed by atoms with Crippen molar-refractivity contribution >= 4 is 39.0 Å². The summed E-state index contributed by atoms with van der Waals surface area (Å²) in [6.07, 6.45) is 5.48. The predicted molar refractivity (Wildman–Crippen MR) is 148 cm³/mol. The van der Waals surface area contributed by atoms with Gasteiger partial charge in [-0.25, -0.2) is 9.37 Å². The number of nitrogens with zero attached hydrogens (tertiary/aromatic N) is 1. The van der Waals surface area contributed by atoms with E-state index in [2.05, 4.69) is 10.6 Å². The number of halogens is 1. The van der Waals surface area contributed by atoms with E-state index < -0.39 is 18.0 Å². The number of amides is 1. The standard InChI is InChI=1S/C29H35FN4O2S/c1-4-21(24(31)26(35)25(19-9-6-5-7-10-19)34-28(36)17(2)32-3)29-33-23-12-8-11-22(27(23)37-29)18-13-15-20(30)16-14-18/h8,11-17,19,21,25,31-32H,4-7,9-10H2,1-3H3,(H,34,36)/t17-,21-,25-/m0/s1. The summed E-state index contributed by atoms with van der Waals surface area (Å²) in [7, 11) is 1.71. The molecule has 4 rings (SSSR count). The molecule has 3 atom stereocenters. The number of aromatic nitrogens is 1. The second-order valence-corrected chi connectivity index (χ2v) is 10.9. The molecule has 0 aliphatic heterocycles. The van der Waals surface area contributed by atoms with Crippen LogP contribution in [0.2, 0.25) is 0 Å². The molecule has 1 saturated carbocycles. The minimum Gasteiger partial charge on any atom is -0.344 e. The van der Waals surface area contributed by atoms with E-state index >= 15 is 0 Å². The molecule has 0 spiro atoms. The molecule has 1 aromatic heterocycles. The molecule has 0 bridgehead atoms. The van der Waals surface area contributed by atoms with Crippen LogP contribution in [-0.2, 0) is 9.59 Å². The highest BCUT2D eigenvalue weighted by Crippen LogP contribution is 2.37. The first-order chi connectivity index (χ1) is 17.8. The van der Waals surface area contributed by atoms with Gasteiger partial charge in [0.05, 0.1) is 33.9 Å². The number of Topliss-reactive ketones (excluding diaryl/α,β-unsaturated/α-hetero) is 1. The summed E-state index contributed by atoms with van der Waals surface area (Å²) < 4.78 is 14.4. The maximum absolute atomic E-state index is 13.8. The fourth-order valence-electron chi connectivity index (χ4n) is 5.09. The number of carbonyl (C=O) groups is 2. The van der Waals surface area contributed by atoms with Crippen LogP contribution in [0.15, 0.2) is 42.5 Å². The van der Waals surface area contributed by atoms with Crippen LogP contribution in [0.1, 0.15) is 63.3 Å². The van der Waals surface area contributed by atoms with Crippen molar-refractivity contribution in [3.63, 3.8) is 0 Å². The lowest BCUT2D eigenvalue weighted by atomic mass is 9.79. The smallest absolute Gasteiger partial charge is 0.237 e. The van der Waals surface area contributed by atoms with E-state index in [0.717, 1.165) is 53.4 Å². The first-order valence-corrected chi connectivity index (χ1v) is 13.9. The molecular weight excluding hydrogens is 487 g/mol. The zero-order valence-electron chi connectivity index (χ0n) is 21.6. The molecule has 8 heteroatoms. The molecule has 37 heavy (non-hydrogen) atoms. The number of carbonyl (C=O) groups excluding carboxylic acids is 2. The molecule has 6 nitrogen and oxygen atoms in total. The number of ketones is 1. The fraction of sp³-hybridized carbons (Fsp3) is 0.448. The maximum Gasteiger partial charge on any atom is 0.237 e. The Morgan fingerprint density at radius 1 is 1.14 bits per heavy atom. The summed E-state index contributed by atoms with van der Waals surface area (Å²) in [5.41, 5.74) is 2.63.